The zero-order valence-electron chi connectivity index (χ0n) is 20.9. The fourth-order valence-electron chi connectivity index (χ4n) is 3.34. The molecule has 4 unspecified atom stereocenters. The van der Waals surface area contributed by atoms with Crippen LogP contribution in [-0.4, -0.2) is 70.9 Å². The SMILES string of the molecule is CSCCC(NC(=O)C(CCC(N)=O)NC(=O)C(NC(=O)C(N)Cc1ccccc1)C(C)C)C(=O)O. The highest BCUT2D eigenvalue weighted by Crippen LogP contribution is 2.08. The van der Waals surface area contributed by atoms with E-state index in [2.05, 4.69) is 16.0 Å². The summed E-state index contributed by atoms with van der Waals surface area (Å²) in [5.74, 6) is -3.70. The molecule has 0 aromatic heterocycles. The van der Waals surface area contributed by atoms with Crippen LogP contribution in [0.25, 0.3) is 0 Å². The molecule has 0 bridgehead atoms. The van der Waals surface area contributed by atoms with E-state index in [1.165, 1.54) is 11.8 Å². The van der Waals surface area contributed by atoms with Crippen molar-refractivity contribution in [2.24, 2.45) is 17.4 Å². The summed E-state index contributed by atoms with van der Waals surface area (Å²) in [4.78, 5) is 61.4. The van der Waals surface area contributed by atoms with Crippen LogP contribution in [0.1, 0.15) is 38.7 Å². The van der Waals surface area contributed by atoms with Crippen molar-refractivity contribution in [1.82, 2.24) is 16.0 Å². The Morgan fingerprint density at radius 3 is 2.06 bits per heavy atom. The molecular weight excluding hydrogens is 486 g/mol. The largest absolute Gasteiger partial charge is 0.480 e. The molecule has 0 aliphatic heterocycles. The molecule has 0 saturated carbocycles. The molecule has 0 radical (unpaired) electrons. The number of hydrogen-bond acceptors (Lipinski definition) is 7. The van der Waals surface area contributed by atoms with E-state index in [1.807, 2.05) is 36.6 Å². The fraction of sp³-hybridized carbons (Fsp3) is 0.542. The van der Waals surface area contributed by atoms with Crippen molar-refractivity contribution in [3.63, 3.8) is 0 Å². The van der Waals surface area contributed by atoms with Crippen LogP contribution in [-0.2, 0) is 30.4 Å². The molecule has 12 heteroatoms. The maximum Gasteiger partial charge on any atom is 0.326 e. The lowest BCUT2D eigenvalue weighted by atomic mass is 10.0. The molecule has 4 atom stereocenters. The Labute approximate surface area is 215 Å². The Hall–Kier alpha value is -3.12. The van der Waals surface area contributed by atoms with E-state index < -0.39 is 53.8 Å². The lowest BCUT2D eigenvalue weighted by Gasteiger charge is -2.27. The summed E-state index contributed by atoms with van der Waals surface area (Å²) in [6, 6.07) is 4.89. The number of aliphatic carboxylic acids is 1. The first kappa shape index (κ1) is 30.9. The monoisotopic (exact) mass is 523 g/mol. The highest BCUT2D eigenvalue weighted by Gasteiger charge is 2.31. The first-order chi connectivity index (χ1) is 17.0. The average Bonchev–Trinajstić information content (AvgIpc) is 2.82. The Bertz CT molecular complexity index is 898. The Balaban J connectivity index is 2.93. The van der Waals surface area contributed by atoms with Gasteiger partial charge in [-0.05, 0) is 42.8 Å². The van der Waals surface area contributed by atoms with E-state index in [9.17, 15) is 29.1 Å². The van der Waals surface area contributed by atoms with Crippen molar-refractivity contribution in [1.29, 1.82) is 0 Å². The Kier molecular flexibility index (Phi) is 13.6. The molecule has 36 heavy (non-hydrogen) atoms. The number of nitrogens with one attached hydrogen (secondary N) is 3. The predicted octanol–water partition coefficient (Wildman–Crippen LogP) is -0.230. The van der Waals surface area contributed by atoms with Crippen molar-refractivity contribution in [3.8, 4) is 0 Å². The van der Waals surface area contributed by atoms with Gasteiger partial charge in [0.25, 0.3) is 0 Å². The molecule has 8 N–H and O–H groups in total. The number of hydrogen-bond donors (Lipinski definition) is 6. The van der Waals surface area contributed by atoms with Gasteiger partial charge in [-0.1, -0.05) is 44.2 Å². The van der Waals surface area contributed by atoms with Crippen LogP contribution in [0.3, 0.4) is 0 Å². The molecule has 0 spiro atoms. The number of carbonyl (C=O) groups is 5. The van der Waals surface area contributed by atoms with Gasteiger partial charge in [-0.3, -0.25) is 19.2 Å². The zero-order chi connectivity index (χ0) is 27.3. The highest BCUT2D eigenvalue weighted by molar-refractivity contribution is 7.98. The number of primary amides is 1. The van der Waals surface area contributed by atoms with Crippen LogP contribution in [0.2, 0.25) is 0 Å². The summed E-state index contributed by atoms with van der Waals surface area (Å²) >= 11 is 1.43. The van der Waals surface area contributed by atoms with Crippen LogP contribution < -0.4 is 27.4 Å². The summed E-state index contributed by atoms with van der Waals surface area (Å²) in [6.45, 7) is 3.43. The summed E-state index contributed by atoms with van der Waals surface area (Å²) in [7, 11) is 0. The van der Waals surface area contributed by atoms with Gasteiger partial charge in [-0.15, -0.1) is 0 Å². The number of rotatable bonds is 16. The number of amides is 4. The number of nitrogens with two attached hydrogens (primary N) is 2. The highest BCUT2D eigenvalue weighted by atomic mass is 32.2. The van der Waals surface area contributed by atoms with Gasteiger partial charge in [-0.2, -0.15) is 11.8 Å². The molecule has 1 rings (SSSR count). The number of carboxylic acid groups (broad SMARTS) is 1. The van der Waals surface area contributed by atoms with Crippen LogP contribution >= 0.6 is 11.8 Å². The smallest absolute Gasteiger partial charge is 0.326 e. The lowest BCUT2D eigenvalue weighted by molar-refractivity contribution is -0.142. The average molecular weight is 524 g/mol. The van der Waals surface area contributed by atoms with Crippen molar-refractivity contribution in [3.05, 3.63) is 35.9 Å². The third-order valence-corrected chi connectivity index (χ3v) is 6.06. The predicted molar refractivity (Wildman–Crippen MR) is 138 cm³/mol. The fourth-order valence-corrected chi connectivity index (χ4v) is 3.81. The normalized spacial score (nSPS) is 14.2. The summed E-state index contributed by atoms with van der Waals surface area (Å²) in [6.07, 6.45) is 1.93. The van der Waals surface area contributed by atoms with Gasteiger partial charge >= 0.3 is 5.97 Å². The van der Waals surface area contributed by atoms with Gasteiger partial charge in [0.05, 0.1) is 6.04 Å². The van der Waals surface area contributed by atoms with Gasteiger partial charge in [-0.25, -0.2) is 4.79 Å². The molecule has 4 amide bonds. The maximum absolute atomic E-state index is 13.1. The molecule has 1 aromatic rings. The molecule has 200 valence electrons. The molecule has 0 aliphatic rings. The molecular formula is C24H37N5O6S. The van der Waals surface area contributed by atoms with Crippen molar-refractivity contribution < 1.29 is 29.1 Å². The third kappa shape index (κ3) is 11.1. The summed E-state index contributed by atoms with van der Waals surface area (Å²) < 4.78 is 0. The molecule has 0 heterocycles. The zero-order valence-corrected chi connectivity index (χ0v) is 21.7. The molecule has 0 aliphatic carbocycles. The van der Waals surface area contributed by atoms with Crippen LogP contribution in [0.5, 0.6) is 0 Å². The third-order valence-electron chi connectivity index (χ3n) is 5.42. The second kappa shape index (κ2) is 15.8. The van der Waals surface area contributed by atoms with Crippen LogP contribution in [0, 0.1) is 5.92 Å². The van der Waals surface area contributed by atoms with Gasteiger partial charge in [0.15, 0.2) is 0 Å². The number of benzene rings is 1. The number of thioether (sulfide) groups is 1. The van der Waals surface area contributed by atoms with Crippen molar-refractivity contribution in [2.75, 3.05) is 12.0 Å². The summed E-state index contributed by atoms with van der Waals surface area (Å²) in [5.41, 5.74) is 12.1. The Morgan fingerprint density at radius 1 is 0.917 bits per heavy atom. The summed E-state index contributed by atoms with van der Waals surface area (Å²) in [5, 5.41) is 17.0. The standard InChI is InChI=1S/C24H37N5O6S/c1-14(2)20(29-21(31)16(25)13-15-7-5-4-6-8-15)23(33)27-17(9-10-19(26)30)22(32)28-18(24(34)35)11-12-36-3/h4-8,14,16-18,20H,9-13,25H2,1-3H3,(H2,26,30)(H,27,33)(H,28,32)(H,29,31)(H,34,35). The van der Waals surface area contributed by atoms with E-state index in [1.54, 1.807) is 13.8 Å². The van der Waals surface area contributed by atoms with Crippen LogP contribution in [0.4, 0.5) is 0 Å². The van der Waals surface area contributed by atoms with E-state index >= 15 is 0 Å². The molecule has 0 fully saturated rings. The molecule has 11 nitrogen and oxygen atoms in total. The van der Waals surface area contributed by atoms with Gasteiger partial charge in [0.2, 0.25) is 23.6 Å². The second-order valence-electron chi connectivity index (χ2n) is 8.77. The number of carbonyl (C=O) groups excluding carboxylic acids is 4. The minimum absolute atomic E-state index is 0.131. The van der Waals surface area contributed by atoms with Crippen molar-refractivity contribution in [2.45, 2.75) is 63.7 Å². The lowest BCUT2D eigenvalue weighted by Crippen LogP contribution is -2.58. The van der Waals surface area contributed by atoms with Gasteiger partial charge in [0, 0.05) is 6.42 Å². The first-order valence-electron chi connectivity index (χ1n) is 11.7. The van der Waals surface area contributed by atoms with E-state index in [-0.39, 0.29) is 31.6 Å². The molecule has 0 saturated heterocycles. The van der Waals surface area contributed by atoms with Gasteiger partial charge in [0.1, 0.15) is 18.1 Å². The van der Waals surface area contributed by atoms with E-state index in [0.717, 1.165) is 5.56 Å². The van der Waals surface area contributed by atoms with E-state index in [0.29, 0.717) is 5.75 Å². The van der Waals surface area contributed by atoms with Crippen molar-refractivity contribution >= 4 is 41.4 Å². The minimum Gasteiger partial charge on any atom is -0.480 e. The van der Waals surface area contributed by atoms with Crippen LogP contribution in [0.15, 0.2) is 30.3 Å². The Morgan fingerprint density at radius 2 is 1.53 bits per heavy atom. The molecule has 1 aromatic carbocycles. The van der Waals surface area contributed by atoms with E-state index in [4.69, 9.17) is 11.5 Å². The minimum atomic E-state index is -1.22. The second-order valence-corrected chi connectivity index (χ2v) is 9.76. The van der Waals surface area contributed by atoms with Gasteiger partial charge < -0.3 is 32.5 Å². The first-order valence-corrected chi connectivity index (χ1v) is 13.1. The quantitative estimate of drug-likeness (QED) is 0.171. The number of carboxylic acids is 1. The maximum atomic E-state index is 13.1. The topological polar surface area (TPSA) is 194 Å².